The highest BCUT2D eigenvalue weighted by Crippen LogP contribution is 2.24. The Bertz CT molecular complexity index is 284. The molecule has 0 aliphatic heterocycles. The van der Waals surface area contributed by atoms with Crippen molar-refractivity contribution >= 4 is 12.2 Å². The molecule has 3 heteroatoms. The minimum atomic E-state index is 0.422. The van der Waals surface area contributed by atoms with Crippen LogP contribution in [0.3, 0.4) is 0 Å². The minimum absolute atomic E-state index is 0.422. The van der Waals surface area contributed by atoms with E-state index in [9.17, 15) is 4.79 Å². The quantitative estimate of drug-likeness (QED) is 0.691. The zero-order chi connectivity index (χ0) is 8.97. The summed E-state index contributed by atoms with van der Waals surface area (Å²) in [5, 5.41) is 2.94. The number of carbonyl (C=O) groups excluding carboxylic acids is 1. The number of hydrogen-bond donors (Lipinski definition) is 1. The Morgan fingerprint density at radius 2 is 2.25 bits per heavy atom. The van der Waals surface area contributed by atoms with E-state index >= 15 is 0 Å². The fourth-order valence-electron chi connectivity index (χ4n) is 0.994. The zero-order valence-electron chi connectivity index (χ0n) is 7.13. The number of anilines is 1. The molecule has 0 heterocycles. The Kier molecular flexibility index (Phi) is 2.69. The van der Waals surface area contributed by atoms with Crippen molar-refractivity contribution in [2.24, 2.45) is 0 Å². The van der Waals surface area contributed by atoms with Crippen molar-refractivity contribution < 1.29 is 9.53 Å². The largest absolute Gasteiger partial charge is 0.427 e. The maximum atomic E-state index is 10.1. The molecule has 0 aromatic heterocycles. The van der Waals surface area contributed by atoms with E-state index in [4.69, 9.17) is 4.74 Å². The van der Waals surface area contributed by atoms with Crippen LogP contribution in [-0.4, -0.2) is 13.5 Å². The third kappa shape index (κ3) is 1.75. The third-order valence-electron chi connectivity index (χ3n) is 1.58. The first kappa shape index (κ1) is 8.59. The van der Waals surface area contributed by atoms with Crippen LogP contribution in [0.4, 0.5) is 5.69 Å². The molecule has 0 spiro atoms. The molecule has 0 radical (unpaired) electrons. The summed E-state index contributed by atoms with van der Waals surface area (Å²) in [4.78, 5) is 10.1. The molecule has 0 aliphatic carbocycles. The van der Waals surface area contributed by atoms with Gasteiger partial charge < -0.3 is 10.1 Å². The predicted molar refractivity (Wildman–Crippen MR) is 47.4 cm³/mol. The summed E-state index contributed by atoms with van der Waals surface area (Å²) in [7, 11) is 1.78. The second-order valence-electron chi connectivity index (χ2n) is 2.46. The van der Waals surface area contributed by atoms with E-state index in [1.54, 1.807) is 13.1 Å². The number of carbonyl (C=O) groups is 1. The van der Waals surface area contributed by atoms with Gasteiger partial charge >= 0.3 is 0 Å². The Balaban J connectivity index is 3.01. The summed E-state index contributed by atoms with van der Waals surface area (Å²) in [6.45, 7) is 2.40. The summed E-state index contributed by atoms with van der Waals surface area (Å²) in [6.07, 6.45) is 0. The average Bonchev–Trinajstić information content (AvgIpc) is 2.08. The van der Waals surface area contributed by atoms with Crippen molar-refractivity contribution in [3.63, 3.8) is 0 Å². The molecule has 1 aromatic carbocycles. The number of aryl methyl sites for hydroxylation is 1. The molecular weight excluding hydrogens is 154 g/mol. The molecule has 0 aliphatic rings. The SMILES string of the molecule is CNc1cc(C)ccc1OC=O. The summed E-state index contributed by atoms with van der Waals surface area (Å²) < 4.78 is 4.74. The fourth-order valence-corrected chi connectivity index (χ4v) is 0.994. The van der Waals surface area contributed by atoms with Gasteiger partial charge in [-0.05, 0) is 24.6 Å². The number of nitrogens with one attached hydrogen (secondary N) is 1. The lowest BCUT2D eigenvalue weighted by Gasteiger charge is -2.06. The van der Waals surface area contributed by atoms with Gasteiger partial charge in [-0.25, -0.2) is 0 Å². The van der Waals surface area contributed by atoms with Gasteiger partial charge in [-0.15, -0.1) is 0 Å². The Morgan fingerprint density at radius 1 is 1.50 bits per heavy atom. The number of hydrogen-bond acceptors (Lipinski definition) is 3. The smallest absolute Gasteiger partial charge is 0.298 e. The van der Waals surface area contributed by atoms with Gasteiger partial charge in [0, 0.05) is 7.05 Å². The maximum Gasteiger partial charge on any atom is 0.298 e. The second kappa shape index (κ2) is 3.76. The molecule has 0 atom stereocenters. The van der Waals surface area contributed by atoms with Crippen LogP contribution in [0, 0.1) is 6.92 Å². The molecule has 0 bridgehead atoms. The van der Waals surface area contributed by atoms with Gasteiger partial charge in [0.15, 0.2) is 5.75 Å². The highest BCUT2D eigenvalue weighted by molar-refractivity contribution is 5.61. The van der Waals surface area contributed by atoms with Crippen molar-refractivity contribution in [3.8, 4) is 5.75 Å². The molecule has 1 N–H and O–H groups in total. The fraction of sp³-hybridized carbons (Fsp3) is 0.222. The monoisotopic (exact) mass is 165 g/mol. The van der Waals surface area contributed by atoms with Crippen LogP contribution in [0.5, 0.6) is 5.75 Å². The van der Waals surface area contributed by atoms with Gasteiger partial charge in [-0.1, -0.05) is 6.07 Å². The average molecular weight is 165 g/mol. The van der Waals surface area contributed by atoms with Gasteiger partial charge in [0.05, 0.1) is 5.69 Å². The second-order valence-corrected chi connectivity index (χ2v) is 2.46. The molecule has 0 amide bonds. The van der Waals surface area contributed by atoms with Crippen molar-refractivity contribution in [1.29, 1.82) is 0 Å². The first-order valence-corrected chi connectivity index (χ1v) is 3.66. The summed E-state index contributed by atoms with van der Waals surface area (Å²) in [5.41, 5.74) is 1.94. The standard InChI is InChI=1S/C9H11NO2/c1-7-3-4-9(12-6-11)8(5-7)10-2/h3-6,10H,1-2H3. The highest BCUT2D eigenvalue weighted by atomic mass is 16.5. The number of rotatable bonds is 3. The number of benzene rings is 1. The Morgan fingerprint density at radius 3 is 2.83 bits per heavy atom. The van der Waals surface area contributed by atoms with Crippen molar-refractivity contribution in [2.75, 3.05) is 12.4 Å². The van der Waals surface area contributed by atoms with Crippen molar-refractivity contribution in [1.82, 2.24) is 0 Å². The van der Waals surface area contributed by atoms with E-state index in [1.807, 2.05) is 19.1 Å². The predicted octanol–water partition coefficient (Wildman–Crippen LogP) is 1.57. The van der Waals surface area contributed by atoms with Crippen molar-refractivity contribution in [3.05, 3.63) is 23.8 Å². The van der Waals surface area contributed by atoms with E-state index in [0.717, 1.165) is 11.3 Å². The van der Waals surface area contributed by atoms with Gasteiger partial charge in [0.25, 0.3) is 6.47 Å². The topological polar surface area (TPSA) is 38.3 Å². The van der Waals surface area contributed by atoms with E-state index in [2.05, 4.69) is 5.32 Å². The van der Waals surface area contributed by atoms with E-state index in [1.165, 1.54) is 0 Å². The molecule has 0 saturated carbocycles. The Hall–Kier alpha value is -1.51. The summed E-state index contributed by atoms with van der Waals surface area (Å²) >= 11 is 0. The molecule has 0 saturated heterocycles. The third-order valence-corrected chi connectivity index (χ3v) is 1.58. The molecule has 0 fully saturated rings. The Labute approximate surface area is 71.4 Å². The normalized spacial score (nSPS) is 9.17. The van der Waals surface area contributed by atoms with E-state index < -0.39 is 0 Å². The van der Waals surface area contributed by atoms with Crippen LogP contribution in [-0.2, 0) is 4.79 Å². The van der Waals surface area contributed by atoms with Gasteiger partial charge in [-0.3, -0.25) is 4.79 Å². The van der Waals surface area contributed by atoms with Crippen molar-refractivity contribution in [2.45, 2.75) is 6.92 Å². The summed E-state index contributed by atoms with van der Waals surface area (Å²) in [6, 6.07) is 5.56. The molecule has 3 nitrogen and oxygen atoms in total. The maximum absolute atomic E-state index is 10.1. The lowest BCUT2D eigenvalue weighted by molar-refractivity contribution is -0.120. The zero-order valence-corrected chi connectivity index (χ0v) is 7.13. The first-order valence-electron chi connectivity index (χ1n) is 3.66. The number of ether oxygens (including phenoxy) is 1. The van der Waals surface area contributed by atoms with Gasteiger partial charge in [0.2, 0.25) is 0 Å². The van der Waals surface area contributed by atoms with Gasteiger partial charge in [0.1, 0.15) is 0 Å². The molecule has 12 heavy (non-hydrogen) atoms. The minimum Gasteiger partial charge on any atom is -0.427 e. The highest BCUT2D eigenvalue weighted by Gasteiger charge is 2.00. The van der Waals surface area contributed by atoms with Crippen LogP contribution in [0.25, 0.3) is 0 Å². The van der Waals surface area contributed by atoms with Crippen LogP contribution < -0.4 is 10.1 Å². The van der Waals surface area contributed by atoms with Crippen LogP contribution in [0.2, 0.25) is 0 Å². The van der Waals surface area contributed by atoms with Crippen LogP contribution in [0.1, 0.15) is 5.56 Å². The van der Waals surface area contributed by atoms with E-state index in [0.29, 0.717) is 12.2 Å². The van der Waals surface area contributed by atoms with Gasteiger partial charge in [-0.2, -0.15) is 0 Å². The molecule has 1 aromatic rings. The van der Waals surface area contributed by atoms with Crippen LogP contribution in [0.15, 0.2) is 18.2 Å². The lowest BCUT2D eigenvalue weighted by atomic mass is 10.2. The molecular formula is C9H11NO2. The molecule has 0 unspecified atom stereocenters. The van der Waals surface area contributed by atoms with Crippen LogP contribution >= 0.6 is 0 Å². The summed E-state index contributed by atoms with van der Waals surface area (Å²) in [5.74, 6) is 0.554. The molecule has 1 rings (SSSR count). The molecule has 64 valence electrons. The first-order chi connectivity index (χ1) is 5.77. The lowest BCUT2D eigenvalue weighted by Crippen LogP contribution is -1.96. The van der Waals surface area contributed by atoms with E-state index in [-0.39, 0.29) is 0 Å².